The molecule has 4 nitrogen and oxygen atoms in total. The summed E-state index contributed by atoms with van der Waals surface area (Å²) >= 11 is 1.56. The summed E-state index contributed by atoms with van der Waals surface area (Å²) in [6.45, 7) is 0.379. The van der Waals surface area contributed by atoms with E-state index in [4.69, 9.17) is 0 Å². The van der Waals surface area contributed by atoms with Gasteiger partial charge in [-0.25, -0.2) is 4.98 Å². The molecule has 1 heterocycles. The van der Waals surface area contributed by atoms with Crippen molar-refractivity contribution in [1.82, 2.24) is 10.3 Å². The van der Waals surface area contributed by atoms with E-state index >= 15 is 0 Å². The summed E-state index contributed by atoms with van der Waals surface area (Å²) < 4.78 is 11.4. The van der Waals surface area contributed by atoms with Crippen LogP contribution in [0.25, 0.3) is 10.6 Å². The summed E-state index contributed by atoms with van der Waals surface area (Å²) in [5.41, 5.74) is 2.45. The molecule has 0 saturated heterocycles. The van der Waals surface area contributed by atoms with Gasteiger partial charge < -0.3 is 5.32 Å². The second kappa shape index (κ2) is 7.51. The van der Waals surface area contributed by atoms with Crippen LogP contribution < -0.4 is 5.32 Å². The molecule has 1 atom stereocenters. The number of hydrogen-bond donors (Lipinski definition) is 1. The summed E-state index contributed by atoms with van der Waals surface area (Å²) in [4.78, 5) is 17.4. The monoisotopic (exact) mass is 356 g/mol. The predicted molar refractivity (Wildman–Crippen MR) is 97.5 cm³/mol. The van der Waals surface area contributed by atoms with Crippen LogP contribution in [0.1, 0.15) is 16.1 Å². The van der Waals surface area contributed by atoms with Crippen LogP contribution in [0.2, 0.25) is 0 Å². The van der Waals surface area contributed by atoms with Gasteiger partial charge in [-0.15, -0.1) is 11.3 Å². The first-order valence-corrected chi connectivity index (χ1v) is 9.79. The molecule has 0 saturated carbocycles. The molecular formula is C18H16N2O2S2. The Morgan fingerprint density at radius 1 is 1.12 bits per heavy atom. The number of rotatable bonds is 5. The highest BCUT2D eigenvalue weighted by molar-refractivity contribution is 7.84. The molecule has 3 rings (SSSR count). The zero-order valence-electron chi connectivity index (χ0n) is 13.1. The van der Waals surface area contributed by atoms with Gasteiger partial charge in [-0.2, -0.15) is 0 Å². The summed E-state index contributed by atoms with van der Waals surface area (Å²) in [5.74, 6) is -0.169. The quantitative estimate of drug-likeness (QED) is 0.761. The standard InChI is InChI=1S/C18H16N2O2S2/c1-24(22)16-9-7-13(8-10-16)17(21)19-11-15-12-23-18(20-15)14-5-3-2-4-6-14/h2-10,12H,11H2,1H3,(H,19,21). The van der Waals surface area contributed by atoms with Gasteiger partial charge in [0.05, 0.1) is 12.2 Å². The molecule has 0 bridgehead atoms. The molecule has 6 heteroatoms. The smallest absolute Gasteiger partial charge is 0.251 e. The molecule has 0 aliphatic rings. The molecule has 1 unspecified atom stereocenters. The van der Waals surface area contributed by atoms with Crippen LogP contribution in [-0.2, 0) is 17.3 Å². The minimum atomic E-state index is -1.04. The maximum Gasteiger partial charge on any atom is 0.251 e. The lowest BCUT2D eigenvalue weighted by molar-refractivity contribution is 0.0950. The first-order chi connectivity index (χ1) is 11.6. The molecule has 1 aromatic heterocycles. The van der Waals surface area contributed by atoms with Gasteiger partial charge in [-0.3, -0.25) is 9.00 Å². The van der Waals surface area contributed by atoms with Crippen LogP contribution in [0.15, 0.2) is 64.9 Å². The molecule has 1 N–H and O–H groups in total. The molecule has 0 radical (unpaired) electrons. The maximum atomic E-state index is 12.2. The van der Waals surface area contributed by atoms with Crippen molar-refractivity contribution in [3.63, 3.8) is 0 Å². The Morgan fingerprint density at radius 3 is 2.50 bits per heavy atom. The fourth-order valence-corrected chi connectivity index (χ4v) is 3.52. The van der Waals surface area contributed by atoms with Crippen molar-refractivity contribution in [2.75, 3.05) is 6.26 Å². The first-order valence-electron chi connectivity index (χ1n) is 7.35. The number of benzene rings is 2. The highest BCUT2D eigenvalue weighted by Gasteiger charge is 2.08. The lowest BCUT2D eigenvalue weighted by Crippen LogP contribution is -2.22. The van der Waals surface area contributed by atoms with E-state index in [1.54, 1.807) is 41.9 Å². The van der Waals surface area contributed by atoms with Crippen LogP contribution in [0.3, 0.4) is 0 Å². The van der Waals surface area contributed by atoms with E-state index in [-0.39, 0.29) is 5.91 Å². The number of aromatic nitrogens is 1. The fraction of sp³-hybridized carbons (Fsp3) is 0.111. The summed E-state index contributed by atoms with van der Waals surface area (Å²) in [6, 6.07) is 16.7. The average molecular weight is 356 g/mol. The lowest BCUT2D eigenvalue weighted by Gasteiger charge is -2.04. The van der Waals surface area contributed by atoms with Gasteiger partial charge in [0.25, 0.3) is 5.91 Å². The molecule has 0 aliphatic carbocycles. The largest absolute Gasteiger partial charge is 0.346 e. The third-order valence-corrected chi connectivity index (χ3v) is 5.33. The van der Waals surface area contributed by atoms with Gasteiger partial charge in [-0.05, 0) is 24.3 Å². The van der Waals surface area contributed by atoms with Crippen LogP contribution in [0.5, 0.6) is 0 Å². The number of carbonyl (C=O) groups excluding carboxylic acids is 1. The number of amides is 1. The van der Waals surface area contributed by atoms with Crippen LogP contribution in [-0.4, -0.2) is 21.4 Å². The Kier molecular flexibility index (Phi) is 5.17. The average Bonchev–Trinajstić information content (AvgIpc) is 3.09. The van der Waals surface area contributed by atoms with Crippen molar-refractivity contribution >= 4 is 28.0 Å². The lowest BCUT2D eigenvalue weighted by atomic mass is 10.2. The Morgan fingerprint density at radius 2 is 1.83 bits per heavy atom. The van der Waals surface area contributed by atoms with Gasteiger partial charge >= 0.3 is 0 Å². The van der Waals surface area contributed by atoms with Crippen molar-refractivity contribution < 1.29 is 9.00 Å². The van der Waals surface area contributed by atoms with Crippen LogP contribution >= 0.6 is 11.3 Å². The highest BCUT2D eigenvalue weighted by Crippen LogP contribution is 2.23. The third-order valence-electron chi connectivity index (χ3n) is 3.45. The van der Waals surface area contributed by atoms with E-state index in [1.165, 1.54) is 0 Å². The molecule has 2 aromatic carbocycles. The Bertz CT molecular complexity index is 858. The van der Waals surface area contributed by atoms with Crippen molar-refractivity contribution in [3.8, 4) is 10.6 Å². The van der Waals surface area contributed by atoms with E-state index < -0.39 is 10.8 Å². The molecular weight excluding hydrogens is 340 g/mol. The normalized spacial score (nSPS) is 11.9. The third kappa shape index (κ3) is 3.96. The summed E-state index contributed by atoms with van der Waals surface area (Å²) in [5, 5.41) is 5.75. The highest BCUT2D eigenvalue weighted by atomic mass is 32.2. The topological polar surface area (TPSA) is 59.1 Å². The Labute approximate surface area is 147 Å². The molecule has 0 fully saturated rings. The van der Waals surface area contributed by atoms with Crippen molar-refractivity contribution in [2.45, 2.75) is 11.4 Å². The predicted octanol–water partition coefficient (Wildman–Crippen LogP) is 3.48. The number of thiazole rings is 1. The SMILES string of the molecule is CS(=O)c1ccc(C(=O)NCc2csc(-c3ccccc3)n2)cc1. The minimum Gasteiger partial charge on any atom is -0.346 e. The van der Waals surface area contributed by atoms with Gasteiger partial charge in [-0.1, -0.05) is 30.3 Å². The van der Waals surface area contributed by atoms with Gasteiger partial charge in [0.2, 0.25) is 0 Å². The zero-order valence-corrected chi connectivity index (χ0v) is 14.7. The van der Waals surface area contributed by atoms with E-state index in [0.717, 1.165) is 16.3 Å². The minimum absolute atomic E-state index is 0.169. The van der Waals surface area contributed by atoms with Crippen LogP contribution in [0.4, 0.5) is 0 Å². The summed E-state index contributed by atoms with van der Waals surface area (Å²) in [7, 11) is -1.04. The van der Waals surface area contributed by atoms with Crippen molar-refractivity contribution in [1.29, 1.82) is 0 Å². The molecule has 0 spiro atoms. The second-order valence-corrected chi connectivity index (χ2v) is 7.41. The molecule has 3 aromatic rings. The van der Waals surface area contributed by atoms with Crippen molar-refractivity contribution in [3.05, 3.63) is 71.2 Å². The summed E-state index contributed by atoms with van der Waals surface area (Å²) in [6.07, 6.45) is 1.61. The number of hydrogen-bond acceptors (Lipinski definition) is 4. The van der Waals surface area contributed by atoms with Gasteiger partial charge in [0, 0.05) is 38.5 Å². The number of nitrogens with one attached hydrogen (secondary N) is 1. The van der Waals surface area contributed by atoms with Crippen LogP contribution in [0, 0.1) is 0 Å². The van der Waals surface area contributed by atoms with Crippen molar-refractivity contribution in [2.24, 2.45) is 0 Å². The molecule has 122 valence electrons. The first kappa shape index (κ1) is 16.5. The van der Waals surface area contributed by atoms with E-state index in [0.29, 0.717) is 17.0 Å². The van der Waals surface area contributed by atoms with E-state index in [2.05, 4.69) is 10.3 Å². The molecule has 1 amide bonds. The maximum absolute atomic E-state index is 12.2. The molecule has 0 aliphatic heterocycles. The van der Waals surface area contributed by atoms with E-state index in [1.807, 2.05) is 35.7 Å². The fourth-order valence-electron chi connectivity index (χ4n) is 2.17. The zero-order chi connectivity index (χ0) is 16.9. The molecule has 24 heavy (non-hydrogen) atoms. The van der Waals surface area contributed by atoms with Gasteiger partial charge in [0.1, 0.15) is 5.01 Å². The Hall–Kier alpha value is -2.31. The number of nitrogens with zero attached hydrogens (tertiary/aromatic N) is 1. The van der Waals surface area contributed by atoms with Gasteiger partial charge in [0.15, 0.2) is 0 Å². The van der Waals surface area contributed by atoms with E-state index in [9.17, 15) is 9.00 Å². The number of carbonyl (C=O) groups is 1. The second-order valence-electron chi connectivity index (χ2n) is 5.17. The Balaban J connectivity index is 1.62.